The van der Waals surface area contributed by atoms with Crippen LogP contribution < -0.4 is 10.0 Å². The van der Waals surface area contributed by atoms with Gasteiger partial charge in [-0.1, -0.05) is 6.07 Å². The molecule has 6 nitrogen and oxygen atoms in total. The monoisotopic (exact) mass is 407 g/mol. The van der Waals surface area contributed by atoms with E-state index in [1.807, 2.05) is 16.8 Å². The minimum Gasteiger partial charge on any atom is -0.321 e. The predicted molar refractivity (Wildman–Crippen MR) is 106 cm³/mol. The van der Waals surface area contributed by atoms with Crippen molar-refractivity contribution in [2.45, 2.75) is 18.7 Å². The lowest BCUT2D eigenvalue weighted by Gasteiger charge is -2.10. The van der Waals surface area contributed by atoms with Crippen LogP contribution >= 0.6 is 22.7 Å². The number of carbonyl (C=O) groups excluding carboxylic acids is 1. The highest BCUT2D eigenvalue weighted by Crippen LogP contribution is 2.30. The molecule has 0 saturated carbocycles. The molecule has 1 aromatic carbocycles. The number of carbonyl (C=O) groups is 1. The van der Waals surface area contributed by atoms with Crippen LogP contribution in [0.2, 0.25) is 0 Å². The number of amides is 1. The molecule has 0 bridgehead atoms. The van der Waals surface area contributed by atoms with Gasteiger partial charge in [0.1, 0.15) is 9.88 Å². The van der Waals surface area contributed by atoms with Crippen molar-refractivity contribution >= 4 is 44.3 Å². The van der Waals surface area contributed by atoms with E-state index in [1.165, 1.54) is 24.5 Å². The van der Waals surface area contributed by atoms with Gasteiger partial charge in [-0.25, -0.2) is 18.1 Å². The third kappa shape index (κ3) is 3.70. The van der Waals surface area contributed by atoms with Crippen LogP contribution in [-0.4, -0.2) is 26.4 Å². The third-order valence-electron chi connectivity index (χ3n) is 3.78. The molecule has 0 aliphatic heterocycles. The maximum Gasteiger partial charge on any atom is 0.267 e. The number of hydrogen-bond donors (Lipinski definition) is 2. The van der Waals surface area contributed by atoms with Gasteiger partial charge in [0, 0.05) is 16.6 Å². The van der Waals surface area contributed by atoms with Gasteiger partial charge in [-0.15, -0.1) is 11.3 Å². The summed E-state index contributed by atoms with van der Waals surface area (Å²) in [6, 6.07) is 6.75. The van der Waals surface area contributed by atoms with Crippen LogP contribution in [-0.2, 0) is 10.0 Å². The second-order valence-corrected chi connectivity index (χ2v) is 9.22. The smallest absolute Gasteiger partial charge is 0.267 e. The van der Waals surface area contributed by atoms with Crippen LogP contribution in [0.4, 0.5) is 5.69 Å². The highest BCUT2D eigenvalue weighted by atomic mass is 32.2. The van der Waals surface area contributed by atoms with E-state index in [2.05, 4.69) is 15.0 Å². The Hall–Kier alpha value is -2.07. The van der Waals surface area contributed by atoms with Crippen LogP contribution in [0, 0.1) is 13.8 Å². The number of thiazole rings is 1. The van der Waals surface area contributed by atoms with E-state index in [9.17, 15) is 13.2 Å². The zero-order chi connectivity index (χ0) is 18.9. The number of aryl methyl sites for hydroxylation is 2. The number of sulfonamides is 1. The zero-order valence-electron chi connectivity index (χ0n) is 14.4. The van der Waals surface area contributed by atoms with Gasteiger partial charge in [0.2, 0.25) is 10.0 Å². The minimum atomic E-state index is -3.60. The number of benzene rings is 1. The van der Waals surface area contributed by atoms with Crippen molar-refractivity contribution in [2.75, 3.05) is 12.4 Å². The largest absolute Gasteiger partial charge is 0.321 e. The van der Waals surface area contributed by atoms with Gasteiger partial charge in [0.25, 0.3) is 5.91 Å². The minimum absolute atomic E-state index is 0.137. The zero-order valence-corrected chi connectivity index (χ0v) is 16.8. The van der Waals surface area contributed by atoms with Crippen molar-refractivity contribution in [3.05, 3.63) is 51.2 Å². The number of thiophene rings is 1. The average molecular weight is 408 g/mol. The Bertz CT molecular complexity index is 1050. The van der Waals surface area contributed by atoms with E-state index >= 15 is 0 Å². The van der Waals surface area contributed by atoms with Gasteiger partial charge < -0.3 is 5.32 Å². The number of nitrogens with zero attached hydrogens (tertiary/aromatic N) is 1. The first-order chi connectivity index (χ1) is 12.3. The predicted octanol–water partition coefficient (Wildman–Crippen LogP) is 3.65. The lowest BCUT2D eigenvalue weighted by atomic mass is 10.2. The maximum atomic E-state index is 12.6. The van der Waals surface area contributed by atoms with E-state index in [0.29, 0.717) is 21.8 Å². The fraction of sp³-hybridized carbons (Fsp3) is 0.176. The van der Waals surface area contributed by atoms with Crippen molar-refractivity contribution in [3.8, 4) is 10.6 Å². The third-order valence-corrected chi connectivity index (χ3v) is 7.22. The summed E-state index contributed by atoms with van der Waals surface area (Å²) < 4.78 is 26.5. The average Bonchev–Trinajstić information content (AvgIpc) is 3.25. The molecule has 0 saturated heterocycles. The fourth-order valence-corrected chi connectivity index (χ4v) is 5.05. The fourth-order valence-electron chi connectivity index (χ4n) is 2.38. The lowest BCUT2D eigenvalue weighted by Crippen LogP contribution is -2.20. The highest BCUT2D eigenvalue weighted by molar-refractivity contribution is 7.89. The van der Waals surface area contributed by atoms with E-state index in [4.69, 9.17) is 0 Å². The van der Waals surface area contributed by atoms with Crippen molar-refractivity contribution in [1.82, 2.24) is 9.71 Å². The van der Waals surface area contributed by atoms with Gasteiger partial charge in [-0.05, 0) is 50.0 Å². The first kappa shape index (κ1) is 18.7. The molecule has 0 unspecified atom stereocenters. The molecule has 0 radical (unpaired) electrons. The van der Waals surface area contributed by atoms with Gasteiger partial charge in [0.15, 0.2) is 0 Å². The van der Waals surface area contributed by atoms with Crippen LogP contribution in [0.15, 0.2) is 39.9 Å². The summed E-state index contributed by atoms with van der Waals surface area (Å²) in [5, 5.41) is 7.49. The number of anilines is 1. The van der Waals surface area contributed by atoms with Crippen LogP contribution in [0.3, 0.4) is 0 Å². The summed E-state index contributed by atoms with van der Waals surface area (Å²) in [4.78, 5) is 17.7. The van der Waals surface area contributed by atoms with E-state index in [0.717, 1.165) is 10.6 Å². The second kappa shape index (κ2) is 7.28. The van der Waals surface area contributed by atoms with E-state index < -0.39 is 10.0 Å². The Balaban J connectivity index is 1.88. The number of aromatic nitrogens is 1. The molecule has 2 N–H and O–H groups in total. The summed E-state index contributed by atoms with van der Waals surface area (Å²) in [6.07, 6.45) is 0. The van der Waals surface area contributed by atoms with Gasteiger partial charge in [0.05, 0.1) is 10.6 Å². The van der Waals surface area contributed by atoms with E-state index in [-0.39, 0.29) is 10.8 Å². The van der Waals surface area contributed by atoms with Gasteiger partial charge in [-0.3, -0.25) is 4.79 Å². The topological polar surface area (TPSA) is 88.2 Å². The standard InChI is InChI=1S/C17H17N3O3S3/c1-10-4-5-13(8-14(10)26(22,23)18-3)20-16(21)15-11(2)19-17(25-15)12-6-7-24-9-12/h4-9,18H,1-3H3,(H,20,21). The molecule has 3 rings (SSSR count). The molecule has 136 valence electrons. The van der Waals surface area contributed by atoms with Crippen LogP contribution in [0.5, 0.6) is 0 Å². The molecule has 0 aliphatic rings. The first-order valence-electron chi connectivity index (χ1n) is 7.67. The quantitative estimate of drug-likeness (QED) is 0.676. The van der Waals surface area contributed by atoms with Crippen molar-refractivity contribution in [1.29, 1.82) is 0 Å². The molecule has 0 atom stereocenters. The van der Waals surface area contributed by atoms with Crippen LogP contribution in [0.25, 0.3) is 10.6 Å². The summed E-state index contributed by atoms with van der Waals surface area (Å²) in [6.45, 7) is 3.49. The molecule has 0 fully saturated rings. The van der Waals surface area contributed by atoms with Crippen molar-refractivity contribution in [3.63, 3.8) is 0 Å². The van der Waals surface area contributed by atoms with Crippen molar-refractivity contribution < 1.29 is 13.2 Å². The molecule has 3 aromatic rings. The normalized spacial score (nSPS) is 11.5. The lowest BCUT2D eigenvalue weighted by molar-refractivity contribution is 0.102. The molecule has 2 heterocycles. The molecular weight excluding hydrogens is 390 g/mol. The summed E-state index contributed by atoms with van der Waals surface area (Å²) in [5.74, 6) is -0.307. The van der Waals surface area contributed by atoms with E-state index in [1.54, 1.807) is 37.3 Å². The number of nitrogens with one attached hydrogen (secondary N) is 2. The molecule has 2 aromatic heterocycles. The maximum absolute atomic E-state index is 12.6. The Labute approximate surface area is 160 Å². The van der Waals surface area contributed by atoms with Crippen molar-refractivity contribution in [2.24, 2.45) is 0 Å². The Morgan fingerprint density at radius 2 is 1.96 bits per heavy atom. The summed E-state index contributed by atoms with van der Waals surface area (Å²) in [5.41, 5.74) is 2.65. The van der Waals surface area contributed by atoms with Crippen LogP contribution in [0.1, 0.15) is 20.9 Å². The summed E-state index contributed by atoms with van der Waals surface area (Å²) >= 11 is 2.89. The molecule has 0 spiro atoms. The molecule has 0 aliphatic carbocycles. The Morgan fingerprint density at radius 1 is 1.19 bits per heavy atom. The Morgan fingerprint density at radius 3 is 2.62 bits per heavy atom. The van der Waals surface area contributed by atoms with Gasteiger partial charge >= 0.3 is 0 Å². The molecular formula is C17H17N3O3S3. The second-order valence-electron chi connectivity index (χ2n) is 5.59. The molecule has 1 amide bonds. The first-order valence-corrected chi connectivity index (χ1v) is 10.9. The number of rotatable bonds is 5. The highest BCUT2D eigenvalue weighted by Gasteiger charge is 2.19. The molecule has 9 heteroatoms. The van der Waals surface area contributed by atoms with Gasteiger partial charge in [-0.2, -0.15) is 11.3 Å². The SMILES string of the molecule is CNS(=O)(=O)c1cc(NC(=O)c2sc(-c3ccsc3)nc2C)ccc1C. The number of hydrogen-bond acceptors (Lipinski definition) is 6. The molecule has 26 heavy (non-hydrogen) atoms. The summed E-state index contributed by atoms with van der Waals surface area (Å²) in [7, 11) is -2.24. The Kier molecular flexibility index (Phi) is 5.24.